The lowest BCUT2D eigenvalue weighted by Gasteiger charge is -2.05. The number of pyridine rings is 1. The molecule has 0 atom stereocenters. The highest BCUT2D eigenvalue weighted by atomic mass is 16.6. The molecule has 2 aliphatic rings. The second-order valence-electron chi connectivity index (χ2n) is 4.91. The zero-order chi connectivity index (χ0) is 11.7. The zero-order valence-corrected chi connectivity index (χ0v) is 10.2. The van der Waals surface area contributed by atoms with Crippen LogP contribution in [0.1, 0.15) is 49.8 Å². The molecule has 1 heterocycles. The van der Waals surface area contributed by atoms with E-state index in [4.69, 9.17) is 4.84 Å². The van der Waals surface area contributed by atoms with E-state index in [9.17, 15) is 0 Å². The van der Waals surface area contributed by atoms with Crippen LogP contribution in [0.2, 0.25) is 0 Å². The molecule has 3 nitrogen and oxygen atoms in total. The third-order valence-electron chi connectivity index (χ3n) is 3.33. The van der Waals surface area contributed by atoms with Gasteiger partial charge in [0.15, 0.2) is 0 Å². The molecule has 0 amide bonds. The summed E-state index contributed by atoms with van der Waals surface area (Å²) in [5, 5.41) is 4.24. The number of rotatable bonds is 5. The maximum atomic E-state index is 5.20. The van der Waals surface area contributed by atoms with Crippen molar-refractivity contribution in [2.24, 2.45) is 11.1 Å². The number of hydrogen-bond donors (Lipinski definition) is 0. The summed E-state index contributed by atoms with van der Waals surface area (Å²) in [6.07, 6.45) is 7.03. The fourth-order valence-electron chi connectivity index (χ4n) is 2.03. The van der Waals surface area contributed by atoms with Crippen molar-refractivity contribution in [3.05, 3.63) is 29.6 Å². The summed E-state index contributed by atoms with van der Waals surface area (Å²) >= 11 is 0. The topological polar surface area (TPSA) is 34.5 Å². The van der Waals surface area contributed by atoms with Gasteiger partial charge in [-0.05, 0) is 44.7 Å². The molecule has 2 fully saturated rings. The van der Waals surface area contributed by atoms with Crippen molar-refractivity contribution in [3.8, 4) is 0 Å². The second kappa shape index (κ2) is 4.47. The van der Waals surface area contributed by atoms with Crippen LogP contribution in [0.25, 0.3) is 0 Å². The monoisotopic (exact) mass is 230 g/mol. The molecule has 17 heavy (non-hydrogen) atoms. The highest BCUT2D eigenvalue weighted by Crippen LogP contribution is 2.39. The molecule has 1 aromatic rings. The molecule has 0 bridgehead atoms. The van der Waals surface area contributed by atoms with Crippen LogP contribution < -0.4 is 0 Å². The van der Waals surface area contributed by atoms with Crippen LogP contribution in [0.5, 0.6) is 0 Å². The van der Waals surface area contributed by atoms with Gasteiger partial charge in [-0.15, -0.1) is 0 Å². The lowest BCUT2D eigenvalue weighted by Crippen LogP contribution is -2.06. The Labute approximate surface area is 102 Å². The summed E-state index contributed by atoms with van der Waals surface area (Å²) in [5.41, 5.74) is 3.45. The predicted octanol–water partition coefficient (Wildman–Crippen LogP) is 3.11. The maximum absolute atomic E-state index is 5.20. The average Bonchev–Trinajstić information content (AvgIpc) is 3.22. The van der Waals surface area contributed by atoms with E-state index in [0.29, 0.717) is 12.5 Å². The van der Waals surface area contributed by atoms with Gasteiger partial charge in [-0.3, -0.25) is 4.98 Å². The van der Waals surface area contributed by atoms with Gasteiger partial charge < -0.3 is 4.84 Å². The molecule has 2 saturated carbocycles. The first-order valence-electron chi connectivity index (χ1n) is 6.54. The van der Waals surface area contributed by atoms with Gasteiger partial charge in [0.2, 0.25) is 0 Å². The Morgan fingerprint density at radius 3 is 2.71 bits per heavy atom. The Kier molecular flexibility index (Phi) is 2.83. The first-order valence-corrected chi connectivity index (χ1v) is 6.54. The lowest BCUT2D eigenvalue weighted by atomic mass is 10.1. The third-order valence-corrected chi connectivity index (χ3v) is 3.33. The van der Waals surface area contributed by atoms with Gasteiger partial charge in [0.1, 0.15) is 6.61 Å². The van der Waals surface area contributed by atoms with Gasteiger partial charge in [-0.1, -0.05) is 5.16 Å². The van der Waals surface area contributed by atoms with E-state index in [-0.39, 0.29) is 0 Å². The Balaban J connectivity index is 1.79. The fourth-order valence-corrected chi connectivity index (χ4v) is 2.03. The number of aromatic nitrogens is 1. The first-order chi connectivity index (χ1) is 8.38. The summed E-state index contributed by atoms with van der Waals surface area (Å²) in [6, 6.07) is 4.30. The van der Waals surface area contributed by atoms with E-state index < -0.39 is 0 Å². The highest BCUT2D eigenvalue weighted by Gasteiger charge is 2.30. The van der Waals surface area contributed by atoms with Gasteiger partial charge in [-0.25, -0.2) is 0 Å². The lowest BCUT2D eigenvalue weighted by molar-refractivity contribution is 0.158. The molecule has 3 rings (SSSR count). The standard InChI is InChI=1S/C14H18N2O/c1-2-17-16-14(11-5-6-11)12-7-8-13(15-9-12)10-3-4-10/h7-11H,2-6H2,1H3. The molecule has 2 aliphatic carbocycles. The van der Waals surface area contributed by atoms with E-state index in [1.165, 1.54) is 31.4 Å². The number of hydrogen-bond acceptors (Lipinski definition) is 3. The van der Waals surface area contributed by atoms with Crippen LogP contribution in [-0.2, 0) is 4.84 Å². The maximum Gasteiger partial charge on any atom is 0.114 e. The van der Waals surface area contributed by atoms with Gasteiger partial charge in [-0.2, -0.15) is 0 Å². The van der Waals surface area contributed by atoms with Crippen molar-refractivity contribution in [2.45, 2.75) is 38.5 Å². The summed E-state index contributed by atoms with van der Waals surface area (Å²) in [4.78, 5) is 9.75. The molecule has 3 heteroatoms. The number of oxime groups is 1. The zero-order valence-electron chi connectivity index (χ0n) is 10.2. The molecule has 90 valence electrons. The van der Waals surface area contributed by atoms with E-state index >= 15 is 0 Å². The molecule has 0 unspecified atom stereocenters. The van der Waals surface area contributed by atoms with Crippen molar-refractivity contribution < 1.29 is 4.84 Å². The van der Waals surface area contributed by atoms with Crippen molar-refractivity contribution >= 4 is 5.71 Å². The molecule has 0 N–H and O–H groups in total. The Bertz CT molecular complexity index is 416. The van der Waals surface area contributed by atoms with Gasteiger partial charge in [0, 0.05) is 29.3 Å². The van der Waals surface area contributed by atoms with Crippen molar-refractivity contribution in [1.82, 2.24) is 4.98 Å². The van der Waals surface area contributed by atoms with Gasteiger partial charge in [0.05, 0.1) is 5.71 Å². The second-order valence-corrected chi connectivity index (χ2v) is 4.91. The summed E-state index contributed by atoms with van der Waals surface area (Å²) in [7, 11) is 0. The molecule has 0 spiro atoms. The summed E-state index contributed by atoms with van der Waals surface area (Å²) in [6.45, 7) is 2.59. The van der Waals surface area contributed by atoms with Crippen molar-refractivity contribution in [3.63, 3.8) is 0 Å². The molecular weight excluding hydrogens is 212 g/mol. The largest absolute Gasteiger partial charge is 0.396 e. The summed E-state index contributed by atoms with van der Waals surface area (Å²) < 4.78 is 0. The Hall–Kier alpha value is -1.38. The quantitative estimate of drug-likeness (QED) is 0.575. The smallest absolute Gasteiger partial charge is 0.114 e. The van der Waals surface area contributed by atoms with Crippen LogP contribution in [0.15, 0.2) is 23.5 Å². The van der Waals surface area contributed by atoms with Gasteiger partial charge >= 0.3 is 0 Å². The molecule has 0 radical (unpaired) electrons. The van der Waals surface area contributed by atoms with Crippen LogP contribution in [0, 0.1) is 5.92 Å². The van der Waals surface area contributed by atoms with Crippen molar-refractivity contribution in [2.75, 3.05) is 6.61 Å². The molecular formula is C14H18N2O. The normalized spacial score (nSPS) is 20.4. The van der Waals surface area contributed by atoms with E-state index in [2.05, 4.69) is 22.3 Å². The average molecular weight is 230 g/mol. The van der Waals surface area contributed by atoms with E-state index in [0.717, 1.165) is 17.2 Å². The van der Waals surface area contributed by atoms with Crippen LogP contribution >= 0.6 is 0 Å². The molecule has 0 aliphatic heterocycles. The number of nitrogens with zero attached hydrogens (tertiary/aromatic N) is 2. The van der Waals surface area contributed by atoms with E-state index in [1.807, 2.05) is 13.1 Å². The highest BCUT2D eigenvalue weighted by molar-refractivity contribution is 6.03. The van der Waals surface area contributed by atoms with E-state index in [1.54, 1.807) is 0 Å². The Morgan fingerprint density at radius 1 is 1.35 bits per heavy atom. The fraction of sp³-hybridized carbons (Fsp3) is 0.571. The van der Waals surface area contributed by atoms with Crippen LogP contribution in [-0.4, -0.2) is 17.3 Å². The minimum absolute atomic E-state index is 0.593. The summed E-state index contributed by atoms with van der Waals surface area (Å²) in [5.74, 6) is 1.31. The molecule has 0 saturated heterocycles. The molecule has 0 aromatic carbocycles. The predicted molar refractivity (Wildman–Crippen MR) is 67.1 cm³/mol. The van der Waals surface area contributed by atoms with Crippen LogP contribution in [0.3, 0.4) is 0 Å². The SMILES string of the molecule is CCON=C(c1ccc(C2CC2)nc1)C1CC1. The first kappa shape index (κ1) is 10.8. The minimum atomic E-state index is 0.593. The Morgan fingerprint density at radius 2 is 2.18 bits per heavy atom. The minimum Gasteiger partial charge on any atom is -0.396 e. The molecule has 1 aromatic heterocycles. The van der Waals surface area contributed by atoms with Gasteiger partial charge in [0.25, 0.3) is 0 Å². The van der Waals surface area contributed by atoms with Crippen molar-refractivity contribution in [1.29, 1.82) is 0 Å². The van der Waals surface area contributed by atoms with Crippen LogP contribution in [0.4, 0.5) is 0 Å². The third kappa shape index (κ3) is 2.48.